The van der Waals surface area contributed by atoms with Crippen LogP contribution < -0.4 is 5.43 Å². The van der Waals surface area contributed by atoms with Gasteiger partial charge in [-0.1, -0.05) is 12.7 Å². The Morgan fingerprint density at radius 3 is 2.44 bits per heavy atom. The van der Waals surface area contributed by atoms with E-state index in [0.29, 0.717) is 12.1 Å². The largest absolute Gasteiger partial charge is 0.309 e. The number of hydrazine groups is 1. The molecule has 0 bridgehead atoms. The second-order valence-corrected chi connectivity index (χ2v) is 4.11. The van der Waals surface area contributed by atoms with Crippen molar-refractivity contribution in [1.29, 1.82) is 0 Å². The minimum absolute atomic E-state index is 0.133. The van der Waals surface area contributed by atoms with Gasteiger partial charge in [-0.25, -0.2) is 5.01 Å². The Kier molecular flexibility index (Phi) is 7.50. The maximum atomic E-state index is 11.4. The van der Waals surface area contributed by atoms with Crippen molar-refractivity contribution in [2.24, 2.45) is 0 Å². The summed E-state index contributed by atoms with van der Waals surface area (Å²) in [4.78, 5) is 13.5. The van der Waals surface area contributed by atoms with Gasteiger partial charge in [0.15, 0.2) is 0 Å². The first-order chi connectivity index (χ1) is 7.47. The Bertz CT molecular complexity index is 249. The van der Waals surface area contributed by atoms with Crippen molar-refractivity contribution in [3.05, 3.63) is 24.8 Å². The third-order valence-electron chi connectivity index (χ3n) is 2.03. The van der Waals surface area contributed by atoms with Crippen molar-refractivity contribution in [1.82, 2.24) is 15.3 Å². The Morgan fingerprint density at radius 1 is 1.38 bits per heavy atom. The Hall–Kier alpha value is -1.13. The van der Waals surface area contributed by atoms with Crippen LogP contribution in [0.1, 0.15) is 13.3 Å². The Labute approximate surface area is 98.6 Å². The summed E-state index contributed by atoms with van der Waals surface area (Å²) < 4.78 is 0. The highest BCUT2D eigenvalue weighted by Crippen LogP contribution is 1.93. The van der Waals surface area contributed by atoms with Gasteiger partial charge in [-0.05, 0) is 34.0 Å². The number of carbonyl (C=O) groups excluding carboxylic acids is 1. The molecule has 0 radical (unpaired) electrons. The molecule has 1 N–H and O–H groups in total. The first-order valence-electron chi connectivity index (χ1n) is 5.44. The average Bonchev–Trinajstić information content (AvgIpc) is 2.17. The molecule has 0 rings (SSSR count). The molecule has 0 aromatic heterocycles. The molecule has 0 saturated carbocycles. The molecule has 1 amide bonds. The monoisotopic (exact) mass is 225 g/mol. The van der Waals surface area contributed by atoms with Crippen LogP contribution in [-0.2, 0) is 4.79 Å². The summed E-state index contributed by atoms with van der Waals surface area (Å²) in [5.41, 5.74) is 3.31. The molecule has 0 heterocycles. The van der Waals surface area contributed by atoms with Crippen LogP contribution in [0, 0.1) is 0 Å². The lowest BCUT2D eigenvalue weighted by Gasteiger charge is -2.22. The van der Waals surface area contributed by atoms with Gasteiger partial charge in [0.1, 0.15) is 0 Å². The fraction of sp³-hybridized carbons (Fsp3) is 0.583. The summed E-state index contributed by atoms with van der Waals surface area (Å²) in [6.07, 6.45) is 2.77. The topological polar surface area (TPSA) is 35.6 Å². The van der Waals surface area contributed by atoms with Crippen molar-refractivity contribution in [3.63, 3.8) is 0 Å². The normalized spacial score (nSPS) is 10.6. The van der Waals surface area contributed by atoms with Gasteiger partial charge in [0.05, 0.1) is 0 Å². The summed E-state index contributed by atoms with van der Waals surface area (Å²) >= 11 is 0. The molecule has 0 atom stereocenters. The number of nitrogens with one attached hydrogen (secondary N) is 1. The predicted molar refractivity (Wildman–Crippen MR) is 67.9 cm³/mol. The molecular formula is C12H23N3O. The fourth-order valence-electron chi connectivity index (χ4n) is 1.17. The molecule has 0 aliphatic rings. The van der Waals surface area contributed by atoms with Crippen LogP contribution in [0.3, 0.4) is 0 Å². The van der Waals surface area contributed by atoms with Gasteiger partial charge in [0.2, 0.25) is 0 Å². The first-order valence-corrected chi connectivity index (χ1v) is 5.44. The Balaban J connectivity index is 4.01. The summed E-state index contributed by atoms with van der Waals surface area (Å²) in [7, 11) is 4.06. The van der Waals surface area contributed by atoms with E-state index in [2.05, 4.69) is 23.5 Å². The Morgan fingerprint density at radius 2 is 2.00 bits per heavy atom. The van der Waals surface area contributed by atoms with Crippen molar-refractivity contribution < 1.29 is 4.79 Å². The third-order valence-corrected chi connectivity index (χ3v) is 2.03. The van der Waals surface area contributed by atoms with Crippen LogP contribution in [-0.4, -0.2) is 49.5 Å². The number of hydrogen-bond donors (Lipinski definition) is 1. The lowest BCUT2D eigenvalue weighted by atomic mass is 10.3. The molecule has 0 aromatic carbocycles. The first kappa shape index (κ1) is 14.9. The predicted octanol–water partition coefficient (Wildman–Crippen LogP) is 1.03. The van der Waals surface area contributed by atoms with Crippen molar-refractivity contribution in [3.8, 4) is 0 Å². The molecule has 16 heavy (non-hydrogen) atoms. The summed E-state index contributed by atoms with van der Waals surface area (Å²) in [6, 6.07) is 0. The average molecular weight is 225 g/mol. The molecule has 0 fully saturated rings. The van der Waals surface area contributed by atoms with Gasteiger partial charge in [0.25, 0.3) is 5.91 Å². The highest BCUT2D eigenvalue weighted by atomic mass is 16.2. The zero-order valence-electron chi connectivity index (χ0n) is 10.6. The number of amides is 1. The van der Waals surface area contributed by atoms with Crippen LogP contribution >= 0.6 is 0 Å². The van der Waals surface area contributed by atoms with Crippen molar-refractivity contribution >= 4 is 5.91 Å². The molecule has 0 spiro atoms. The van der Waals surface area contributed by atoms with Gasteiger partial charge in [-0.2, -0.15) is 0 Å². The van der Waals surface area contributed by atoms with Gasteiger partial charge in [-0.3, -0.25) is 10.2 Å². The molecular weight excluding hydrogens is 202 g/mol. The van der Waals surface area contributed by atoms with Gasteiger partial charge in [-0.15, -0.1) is 6.58 Å². The number of nitrogens with zero attached hydrogens (tertiary/aromatic N) is 2. The van der Waals surface area contributed by atoms with E-state index < -0.39 is 0 Å². The van der Waals surface area contributed by atoms with E-state index >= 15 is 0 Å². The van der Waals surface area contributed by atoms with Gasteiger partial charge >= 0.3 is 0 Å². The van der Waals surface area contributed by atoms with E-state index in [0.717, 1.165) is 19.5 Å². The fourth-order valence-corrected chi connectivity index (χ4v) is 1.17. The summed E-state index contributed by atoms with van der Waals surface area (Å²) in [5.74, 6) is -0.133. The molecule has 0 aromatic rings. The van der Waals surface area contributed by atoms with E-state index in [9.17, 15) is 4.79 Å². The van der Waals surface area contributed by atoms with Crippen LogP contribution in [0.15, 0.2) is 24.8 Å². The number of hydrogen-bond acceptors (Lipinski definition) is 3. The lowest BCUT2D eigenvalue weighted by Crippen LogP contribution is -2.43. The summed E-state index contributed by atoms with van der Waals surface area (Å²) in [6.45, 7) is 11.4. The van der Waals surface area contributed by atoms with Crippen LogP contribution in [0.25, 0.3) is 0 Å². The quantitative estimate of drug-likeness (QED) is 0.381. The molecule has 0 aliphatic heterocycles. The maximum absolute atomic E-state index is 11.4. The van der Waals surface area contributed by atoms with E-state index in [1.54, 1.807) is 13.0 Å². The number of rotatable bonds is 8. The van der Waals surface area contributed by atoms with Crippen LogP contribution in [0.5, 0.6) is 0 Å². The van der Waals surface area contributed by atoms with Crippen molar-refractivity contribution in [2.45, 2.75) is 13.3 Å². The summed E-state index contributed by atoms with van der Waals surface area (Å²) in [5, 5.41) is 1.85. The molecule has 0 aliphatic carbocycles. The third kappa shape index (κ3) is 7.20. The van der Waals surface area contributed by atoms with E-state index in [1.165, 1.54) is 0 Å². The molecule has 4 nitrogen and oxygen atoms in total. The van der Waals surface area contributed by atoms with Gasteiger partial charge < -0.3 is 4.90 Å². The standard InChI is InChI=1S/C12H23N3O/c1-6-8-15(10-7-9-14(4)5)13-12(16)11(2)3/h6H,1-2,7-10H2,3-5H3,(H,13,16). The van der Waals surface area contributed by atoms with Gasteiger partial charge in [0, 0.05) is 18.7 Å². The van der Waals surface area contributed by atoms with Crippen LogP contribution in [0.2, 0.25) is 0 Å². The molecule has 4 heteroatoms. The second-order valence-electron chi connectivity index (χ2n) is 4.11. The molecule has 0 unspecified atom stereocenters. The zero-order valence-corrected chi connectivity index (χ0v) is 10.6. The van der Waals surface area contributed by atoms with Crippen molar-refractivity contribution in [2.75, 3.05) is 33.7 Å². The molecule has 92 valence electrons. The van der Waals surface area contributed by atoms with Crippen LogP contribution in [0.4, 0.5) is 0 Å². The SMILES string of the molecule is C=CCN(CCCN(C)C)NC(=O)C(=C)C. The van der Waals surface area contributed by atoms with E-state index in [1.807, 2.05) is 19.1 Å². The number of carbonyl (C=O) groups is 1. The highest BCUT2D eigenvalue weighted by molar-refractivity contribution is 5.91. The minimum Gasteiger partial charge on any atom is -0.309 e. The smallest absolute Gasteiger partial charge is 0.260 e. The van der Waals surface area contributed by atoms with E-state index in [4.69, 9.17) is 0 Å². The zero-order chi connectivity index (χ0) is 12.6. The second kappa shape index (κ2) is 8.07. The minimum atomic E-state index is -0.133. The highest BCUT2D eigenvalue weighted by Gasteiger charge is 2.07. The lowest BCUT2D eigenvalue weighted by molar-refractivity contribution is -0.121. The maximum Gasteiger partial charge on any atom is 0.260 e. The molecule has 0 saturated heterocycles. The van der Waals surface area contributed by atoms with E-state index in [-0.39, 0.29) is 5.91 Å².